The van der Waals surface area contributed by atoms with Gasteiger partial charge in [-0.05, 0) is 18.6 Å². The Labute approximate surface area is 148 Å². The first-order valence-corrected chi connectivity index (χ1v) is 8.32. The Morgan fingerprint density at radius 2 is 1.69 bits per heavy atom. The molecule has 26 heavy (non-hydrogen) atoms. The van der Waals surface area contributed by atoms with Crippen molar-refractivity contribution < 1.29 is 31.1 Å². The molecule has 5 nitrogen and oxygen atoms in total. The normalized spacial score (nSPS) is 12.5. The van der Waals surface area contributed by atoms with Gasteiger partial charge in [-0.2, -0.15) is 26.3 Å². The van der Waals surface area contributed by atoms with Crippen LogP contribution >= 0.6 is 11.8 Å². The third-order valence-corrected chi connectivity index (χ3v) is 3.98. The van der Waals surface area contributed by atoms with E-state index >= 15 is 0 Å². The van der Waals surface area contributed by atoms with Crippen LogP contribution in [0.4, 0.5) is 26.3 Å². The van der Waals surface area contributed by atoms with Gasteiger partial charge < -0.3 is 4.74 Å². The van der Waals surface area contributed by atoms with E-state index in [0.29, 0.717) is 5.56 Å². The van der Waals surface area contributed by atoms with Crippen molar-refractivity contribution >= 4 is 11.8 Å². The fourth-order valence-corrected chi connectivity index (χ4v) is 2.79. The zero-order valence-electron chi connectivity index (χ0n) is 13.2. The first kappa shape index (κ1) is 20.5. The molecule has 144 valence electrons. The summed E-state index contributed by atoms with van der Waals surface area (Å²) in [6.07, 6.45) is -5.81. The molecule has 0 saturated carbocycles. The highest BCUT2D eigenvalue weighted by molar-refractivity contribution is 7.99. The molecule has 2 heterocycles. The molecular formula is C14H14F6N4OS. The van der Waals surface area contributed by atoms with Gasteiger partial charge in [0.05, 0.1) is 0 Å². The zero-order valence-corrected chi connectivity index (χ0v) is 14.0. The molecule has 0 aromatic carbocycles. The number of aromatic nitrogens is 4. The molecule has 12 heteroatoms. The molecule has 0 aliphatic heterocycles. The maximum Gasteiger partial charge on any atom is 0.411 e. The summed E-state index contributed by atoms with van der Waals surface area (Å²) in [7, 11) is 0. The largest absolute Gasteiger partial charge is 0.411 e. The van der Waals surface area contributed by atoms with Gasteiger partial charge in [-0.25, -0.2) is 0 Å². The Hall–Kier alpha value is -1.82. The van der Waals surface area contributed by atoms with Crippen molar-refractivity contribution in [1.29, 1.82) is 0 Å². The smallest absolute Gasteiger partial charge is 0.372 e. The first-order chi connectivity index (χ1) is 12.2. The Kier molecular flexibility index (Phi) is 6.87. The minimum absolute atomic E-state index is 0.0324. The SMILES string of the molecule is FC(F)(F)COCCCSc1nnc(-c2ccncc2)n1CC(F)(F)F. The summed E-state index contributed by atoms with van der Waals surface area (Å²) >= 11 is 0.974. The van der Waals surface area contributed by atoms with Crippen LogP contribution < -0.4 is 0 Å². The second-order valence-corrected chi connectivity index (χ2v) is 6.18. The Morgan fingerprint density at radius 1 is 1.00 bits per heavy atom. The van der Waals surface area contributed by atoms with Crippen LogP contribution in [-0.2, 0) is 11.3 Å². The summed E-state index contributed by atoms with van der Waals surface area (Å²) in [5, 5.41) is 7.60. The predicted molar refractivity (Wildman–Crippen MR) is 81.5 cm³/mol. The van der Waals surface area contributed by atoms with Crippen molar-refractivity contribution in [3.63, 3.8) is 0 Å². The number of hydrogen-bond acceptors (Lipinski definition) is 5. The Bertz CT molecular complexity index is 689. The molecule has 2 aromatic heterocycles. The van der Waals surface area contributed by atoms with E-state index in [-0.39, 0.29) is 29.8 Å². The number of hydrogen-bond donors (Lipinski definition) is 0. The first-order valence-electron chi connectivity index (χ1n) is 7.33. The summed E-state index contributed by atoms with van der Waals surface area (Å²) in [5.41, 5.74) is 0.428. The van der Waals surface area contributed by atoms with Gasteiger partial charge in [-0.1, -0.05) is 11.8 Å². The molecule has 0 N–H and O–H groups in total. The summed E-state index contributed by atoms with van der Waals surface area (Å²) in [4.78, 5) is 3.80. The lowest BCUT2D eigenvalue weighted by atomic mass is 10.2. The zero-order chi connectivity index (χ0) is 19.2. The molecule has 0 aliphatic carbocycles. The average molecular weight is 400 g/mol. The Morgan fingerprint density at radius 3 is 2.31 bits per heavy atom. The van der Waals surface area contributed by atoms with Gasteiger partial charge in [0.1, 0.15) is 13.2 Å². The van der Waals surface area contributed by atoms with Crippen LogP contribution in [0.15, 0.2) is 29.7 Å². The summed E-state index contributed by atoms with van der Waals surface area (Å²) in [6.45, 7) is -2.78. The lowest BCUT2D eigenvalue weighted by Gasteiger charge is -2.12. The van der Waals surface area contributed by atoms with Crippen molar-refractivity contribution in [3.8, 4) is 11.4 Å². The van der Waals surface area contributed by atoms with Crippen LogP contribution in [0, 0.1) is 0 Å². The van der Waals surface area contributed by atoms with Crippen LogP contribution in [0.2, 0.25) is 0 Å². The maximum absolute atomic E-state index is 12.9. The van der Waals surface area contributed by atoms with Crippen LogP contribution in [0.5, 0.6) is 0 Å². The van der Waals surface area contributed by atoms with E-state index in [0.717, 1.165) is 16.3 Å². The molecule has 0 bridgehead atoms. The second-order valence-electron chi connectivity index (χ2n) is 5.11. The standard InChI is InChI=1S/C14H14F6N4OS/c15-13(16,17)8-24-11(10-2-4-21-5-3-10)22-23-12(24)26-7-1-6-25-9-14(18,19)20/h2-5H,1,6-9H2. The van der Waals surface area contributed by atoms with E-state index in [1.54, 1.807) is 0 Å². The molecule has 0 spiro atoms. The van der Waals surface area contributed by atoms with Crippen LogP contribution in [-0.4, -0.2) is 51.1 Å². The fraction of sp³-hybridized carbons (Fsp3) is 0.500. The number of ether oxygens (including phenoxy) is 1. The third kappa shape index (κ3) is 6.83. The molecule has 0 unspecified atom stereocenters. The third-order valence-electron chi connectivity index (χ3n) is 2.92. The monoisotopic (exact) mass is 400 g/mol. The minimum atomic E-state index is -4.48. The highest BCUT2D eigenvalue weighted by Crippen LogP contribution is 2.28. The maximum atomic E-state index is 12.9. The Balaban J connectivity index is 2.00. The van der Waals surface area contributed by atoms with Gasteiger partial charge in [-0.3, -0.25) is 9.55 Å². The lowest BCUT2D eigenvalue weighted by Crippen LogP contribution is -2.19. The molecule has 0 fully saturated rings. The summed E-state index contributed by atoms with van der Waals surface area (Å²) in [6, 6.07) is 3.02. The number of halogens is 6. The van der Waals surface area contributed by atoms with Crippen molar-refractivity contribution in [2.45, 2.75) is 30.5 Å². The van der Waals surface area contributed by atoms with Gasteiger partial charge in [-0.15, -0.1) is 10.2 Å². The van der Waals surface area contributed by atoms with Crippen molar-refractivity contribution in [2.24, 2.45) is 0 Å². The van der Waals surface area contributed by atoms with Crippen molar-refractivity contribution in [2.75, 3.05) is 19.0 Å². The van der Waals surface area contributed by atoms with E-state index in [1.807, 2.05) is 0 Å². The molecule has 0 saturated heterocycles. The van der Waals surface area contributed by atoms with Crippen LogP contribution in [0.3, 0.4) is 0 Å². The molecule has 0 aliphatic rings. The number of rotatable bonds is 8. The molecule has 0 atom stereocenters. The highest BCUT2D eigenvalue weighted by Gasteiger charge is 2.31. The van der Waals surface area contributed by atoms with Gasteiger partial charge in [0, 0.05) is 30.3 Å². The number of thioether (sulfide) groups is 1. The average Bonchev–Trinajstić information content (AvgIpc) is 2.91. The van der Waals surface area contributed by atoms with Gasteiger partial charge in [0.25, 0.3) is 0 Å². The molecule has 2 rings (SSSR count). The molecule has 0 amide bonds. The quantitative estimate of drug-likeness (QED) is 0.381. The number of nitrogens with zero attached hydrogens (tertiary/aromatic N) is 4. The molecule has 2 aromatic rings. The van der Waals surface area contributed by atoms with Crippen LogP contribution in [0.1, 0.15) is 6.42 Å². The molecular weight excluding hydrogens is 386 g/mol. The summed E-state index contributed by atoms with van der Waals surface area (Å²) in [5.74, 6) is 0.282. The van der Waals surface area contributed by atoms with E-state index in [2.05, 4.69) is 19.9 Å². The minimum Gasteiger partial charge on any atom is -0.372 e. The number of alkyl halides is 6. The lowest BCUT2D eigenvalue weighted by molar-refractivity contribution is -0.173. The van der Waals surface area contributed by atoms with E-state index < -0.39 is 25.5 Å². The van der Waals surface area contributed by atoms with Crippen LogP contribution in [0.25, 0.3) is 11.4 Å². The van der Waals surface area contributed by atoms with E-state index in [1.165, 1.54) is 24.5 Å². The second kappa shape index (κ2) is 8.71. The van der Waals surface area contributed by atoms with Gasteiger partial charge in [0.15, 0.2) is 11.0 Å². The van der Waals surface area contributed by atoms with Crippen molar-refractivity contribution in [1.82, 2.24) is 19.7 Å². The van der Waals surface area contributed by atoms with Gasteiger partial charge in [0.2, 0.25) is 0 Å². The van der Waals surface area contributed by atoms with E-state index in [9.17, 15) is 26.3 Å². The summed E-state index contributed by atoms with van der Waals surface area (Å²) < 4.78 is 79.8. The fourth-order valence-electron chi connectivity index (χ4n) is 1.94. The topological polar surface area (TPSA) is 52.8 Å². The predicted octanol–water partition coefficient (Wildman–Crippen LogP) is 3.96. The highest BCUT2D eigenvalue weighted by atomic mass is 32.2. The molecule has 0 radical (unpaired) electrons. The number of pyridine rings is 1. The van der Waals surface area contributed by atoms with E-state index in [4.69, 9.17) is 0 Å². The van der Waals surface area contributed by atoms with Gasteiger partial charge >= 0.3 is 12.4 Å². The van der Waals surface area contributed by atoms with Crippen molar-refractivity contribution in [3.05, 3.63) is 24.5 Å².